The molecule has 0 aromatic carbocycles. The molecule has 19 heavy (non-hydrogen) atoms. The van der Waals surface area contributed by atoms with Crippen molar-refractivity contribution >= 4 is 5.91 Å². The third-order valence-electron chi connectivity index (χ3n) is 5.37. The lowest BCUT2D eigenvalue weighted by atomic mass is 9.84. The second-order valence-electron chi connectivity index (χ2n) is 7.04. The van der Waals surface area contributed by atoms with E-state index in [9.17, 15) is 4.79 Å². The van der Waals surface area contributed by atoms with Crippen LogP contribution in [0.1, 0.15) is 39.5 Å². The van der Waals surface area contributed by atoms with Gasteiger partial charge in [0.15, 0.2) is 0 Å². The Balaban J connectivity index is 1.41. The highest BCUT2D eigenvalue weighted by molar-refractivity contribution is 5.77. The number of ether oxygens (including phenoxy) is 1. The lowest BCUT2D eigenvalue weighted by Gasteiger charge is -2.39. The molecule has 2 N–H and O–H groups in total. The number of amides is 1. The first-order chi connectivity index (χ1) is 9.06. The molecule has 0 aromatic rings. The normalized spacial score (nSPS) is 36.8. The van der Waals surface area contributed by atoms with Crippen molar-refractivity contribution in [2.45, 2.75) is 51.2 Å². The van der Waals surface area contributed by atoms with Crippen molar-refractivity contribution in [3.63, 3.8) is 0 Å². The minimum atomic E-state index is -0.132. The van der Waals surface area contributed by atoms with Crippen molar-refractivity contribution in [1.29, 1.82) is 0 Å². The lowest BCUT2D eigenvalue weighted by Crippen LogP contribution is -2.59. The fourth-order valence-electron chi connectivity index (χ4n) is 4.13. The van der Waals surface area contributed by atoms with Gasteiger partial charge in [-0.05, 0) is 50.9 Å². The van der Waals surface area contributed by atoms with E-state index in [0.29, 0.717) is 12.0 Å². The van der Waals surface area contributed by atoms with E-state index in [1.807, 2.05) is 0 Å². The Morgan fingerprint density at radius 1 is 1.42 bits per heavy atom. The van der Waals surface area contributed by atoms with Gasteiger partial charge in [0, 0.05) is 19.1 Å². The van der Waals surface area contributed by atoms with Gasteiger partial charge >= 0.3 is 0 Å². The Morgan fingerprint density at radius 3 is 2.74 bits per heavy atom. The molecule has 4 nitrogen and oxygen atoms in total. The van der Waals surface area contributed by atoms with Gasteiger partial charge in [0.2, 0.25) is 5.91 Å². The molecular formula is C15H26N2O2. The van der Waals surface area contributed by atoms with E-state index in [0.717, 1.165) is 24.9 Å². The minimum absolute atomic E-state index is 0.0448. The van der Waals surface area contributed by atoms with E-state index in [1.165, 1.54) is 25.7 Å². The van der Waals surface area contributed by atoms with Crippen LogP contribution in [-0.2, 0) is 9.53 Å². The fourth-order valence-corrected chi connectivity index (χ4v) is 4.13. The molecule has 4 unspecified atom stereocenters. The van der Waals surface area contributed by atoms with Crippen LogP contribution in [0.2, 0.25) is 0 Å². The summed E-state index contributed by atoms with van der Waals surface area (Å²) in [6.45, 7) is 6.11. The third-order valence-corrected chi connectivity index (χ3v) is 5.37. The second kappa shape index (κ2) is 5.06. The molecule has 4 heteroatoms. The highest BCUT2D eigenvalue weighted by Crippen LogP contribution is 2.49. The predicted molar refractivity (Wildman–Crippen MR) is 73.8 cm³/mol. The smallest absolute Gasteiger partial charge is 0.246 e. The van der Waals surface area contributed by atoms with Gasteiger partial charge in [-0.25, -0.2) is 0 Å². The van der Waals surface area contributed by atoms with Gasteiger partial charge in [0.1, 0.15) is 6.61 Å². The third kappa shape index (κ3) is 2.79. The summed E-state index contributed by atoms with van der Waals surface area (Å²) in [4.78, 5) is 11.9. The van der Waals surface area contributed by atoms with Gasteiger partial charge in [-0.2, -0.15) is 0 Å². The van der Waals surface area contributed by atoms with Crippen molar-refractivity contribution in [1.82, 2.24) is 10.6 Å². The van der Waals surface area contributed by atoms with Crippen LogP contribution in [0.25, 0.3) is 0 Å². The molecular weight excluding hydrogens is 240 g/mol. The highest BCUT2D eigenvalue weighted by Gasteiger charge is 2.42. The van der Waals surface area contributed by atoms with Crippen molar-refractivity contribution in [3.05, 3.63) is 0 Å². The maximum Gasteiger partial charge on any atom is 0.246 e. The summed E-state index contributed by atoms with van der Waals surface area (Å²) in [5, 5.41) is 6.32. The quantitative estimate of drug-likeness (QED) is 0.789. The molecule has 0 aromatic heterocycles. The van der Waals surface area contributed by atoms with Gasteiger partial charge in [-0.3, -0.25) is 4.79 Å². The number of carbonyl (C=O) groups is 1. The second-order valence-corrected chi connectivity index (χ2v) is 7.04. The van der Waals surface area contributed by atoms with Crippen LogP contribution in [-0.4, -0.2) is 37.2 Å². The van der Waals surface area contributed by atoms with Crippen LogP contribution < -0.4 is 10.6 Å². The van der Waals surface area contributed by atoms with Gasteiger partial charge in [-0.15, -0.1) is 0 Å². The molecule has 1 saturated heterocycles. The van der Waals surface area contributed by atoms with Crippen molar-refractivity contribution < 1.29 is 9.53 Å². The van der Waals surface area contributed by atoms with Crippen LogP contribution in [0.4, 0.5) is 0 Å². The first-order valence-electron chi connectivity index (χ1n) is 7.70. The standard InChI is InChI=1S/C15H26N2O2/c1-10(13-6-11-3-4-12(13)5-11)17-14(18)7-19-15(2)8-16-9-15/h10-13,16H,3-9H2,1-2H3,(H,17,18). The monoisotopic (exact) mass is 266 g/mol. The van der Waals surface area contributed by atoms with E-state index in [4.69, 9.17) is 4.74 Å². The number of nitrogens with one attached hydrogen (secondary N) is 2. The van der Waals surface area contributed by atoms with Crippen LogP contribution in [0.3, 0.4) is 0 Å². The summed E-state index contributed by atoms with van der Waals surface area (Å²) < 4.78 is 5.68. The molecule has 3 aliphatic rings. The summed E-state index contributed by atoms with van der Waals surface area (Å²) in [6, 6.07) is 0.304. The largest absolute Gasteiger partial charge is 0.363 e. The number of fused-ring (bicyclic) bond motifs is 2. The summed E-state index contributed by atoms with van der Waals surface area (Å²) in [5.41, 5.74) is -0.132. The molecule has 2 aliphatic carbocycles. The molecule has 0 spiro atoms. The first kappa shape index (κ1) is 13.4. The molecule has 1 aliphatic heterocycles. The van der Waals surface area contributed by atoms with Crippen molar-refractivity contribution in [2.75, 3.05) is 19.7 Å². The summed E-state index contributed by atoms with van der Waals surface area (Å²) in [6.07, 6.45) is 5.49. The van der Waals surface area contributed by atoms with E-state index < -0.39 is 0 Å². The van der Waals surface area contributed by atoms with Crippen LogP contribution in [0.5, 0.6) is 0 Å². The molecule has 1 heterocycles. The Bertz CT molecular complexity index is 354. The van der Waals surface area contributed by atoms with Crippen LogP contribution >= 0.6 is 0 Å². The Morgan fingerprint density at radius 2 is 2.21 bits per heavy atom. The molecule has 2 saturated carbocycles. The Labute approximate surface area is 115 Å². The molecule has 3 rings (SSSR count). The SMILES string of the molecule is CC(NC(=O)COC1(C)CNC1)C1CC2CCC1C2. The number of hydrogen-bond acceptors (Lipinski definition) is 3. The fraction of sp³-hybridized carbons (Fsp3) is 0.933. The zero-order chi connectivity index (χ0) is 13.5. The molecule has 108 valence electrons. The number of rotatable bonds is 5. The molecule has 0 radical (unpaired) electrons. The van der Waals surface area contributed by atoms with Crippen LogP contribution in [0.15, 0.2) is 0 Å². The maximum absolute atomic E-state index is 11.9. The van der Waals surface area contributed by atoms with E-state index in [-0.39, 0.29) is 18.1 Å². The zero-order valence-electron chi connectivity index (χ0n) is 12.1. The maximum atomic E-state index is 11.9. The molecule has 3 fully saturated rings. The van der Waals surface area contributed by atoms with Gasteiger partial charge in [-0.1, -0.05) is 6.42 Å². The highest BCUT2D eigenvalue weighted by atomic mass is 16.5. The van der Waals surface area contributed by atoms with Crippen molar-refractivity contribution in [3.8, 4) is 0 Å². The zero-order valence-corrected chi connectivity index (χ0v) is 12.1. The summed E-state index contributed by atoms with van der Waals surface area (Å²) in [7, 11) is 0. The first-order valence-corrected chi connectivity index (χ1v) is 7.70. The average Bonchev–Trinajstić information content (AvgIpc) is 2.96. The van der Waals surface area contributed by atoms with Crippen LogP contribution in [0, 0.1) is 17.8 Å². The van der Waals surface area contributed by atoms with E-state index in [2.05, 4.69) is 24.5 Å². The van der Waals surface area contributed by atoms with E-state index in [1.54, 1.807) is 0 Å². The average molecular weight is 266 g/mol. The molecule has 1 amide bonds. The Kier molecular flexibility index (Phi) is 3.56. The van der Waals surface area contributed by atoms with Gasteiger partial charge < -0.3 is 15.4 Å². The summed E-state index contributed by atoms with van der Waals surface area (Å²) >= 11 is 0. The molecule has 4 atom stereocenters. The minimum Gasteiger partial charge on any atom is -0.363 e. The topological polar surface area (TPSA) is 50.4 Å². The van der Waals surface area contributed by atoms with Crippen molar-refractivity contribution in [2.24, 2.45) is 17.8 Å². The van der Waals surface area contributed by atoms with Gasteiger partial charge in [0.25, 0.3) is 0 Å². The number of carbonyl (C=O) groups excluding carboxylic acids is 1. The number of hydrogen-bond donors (Lipinski definition) is 2. The summed E-state index contributed by atoms with van der Waals surface area (Å²) in [5.74, 6) is 2.53. The lowest BCUT2D eigenvalue weighted by molar-refractivity contribution is -0.136. The van der Waals surface area contributed by atoms with Gasteiger partial charge in [0.05, 0.1) is 5.60 Å². The Hall–Kier alpha value is -0.610. The van der Waals surface area contributed by atoms with E-state index >= 15 is 0 Å². The molecule has 2 bridgehead atoms. The predicted octanol–water partition coefficient (Wildman–Crippen LogP) is 1.31.